The average molecular weight is 358 g/mol. The minimum Gasteiger partial charge on any atom is -0.331 e. The molecule has 2 aromatic heterocycles. The Morgan fingerprint density at radius 3 is 2.65 bits per heavy atom. The summed E-state index contributed by atoms with van der Waals surface area (Å²) in [6.45, 7) is 0.946. The maximum atomic E-state index is 13.9. The molecular formula is C18H13F3N4O. The predicted molar refractivity (Wildman–Crippen MR) is 86.5 cm³/mol. The first-order chi connectivity index (χ1) is 12.5. The van der Waals surface area contributed by atoms with E-state index in [1.807, 2.05) is 0 Å². The first-order valence-corrected chi connectivity index (χ1v) is 7.95. The third kappa shape index (κ3) is 2.83. The van der Waals surface area contributed by atoms with Crippen molar-refractivity contribution in [1.82, 2.24) is 19.7 Å². The van der Waals surface area contributed by atoms with Crippen LogP contribution < -0.4 is 0 Å². The lowest BCUT2D eigenvalue weighted by atomic mass is 10.1. The van der Waals surface area contributed by atoms with Crippen molar-refractivity contribution in [3.05, 3.63) is 71.3 Å². The van der Waals surface area contributed by atoms with Crippen LogP contribution in [0.1, 0.15) is 16.1 Å². The van der Waals surface area contributed by atoms with Gasteiger partial charge in [0.15, 0.2) is 11.6 Å². The second-order valence-corrected chi connectivity index (χ2v) is 5.93. The minimum absolute atomic E-state index is 0.211. The first kappa shape index (κ1) is 16.3. The number of carbonyl (C=O) groups is 1. The summed E-state index contributed by atoms with van der Waals surface area (Å²) in [6.07, 6.45) is 1.11. The fourth-order valence-corrected chi connectivity index (χ4v) is 2.93. The summed E-state index contributed by atoms with van der Waals surface area (Å²) < 4.78 is 42.0. The van der Waals surface area contributed by atoms with E-state index >= 15 is 0 Å². The summed E-state index contributed by atoms with van der Waals surface area (Å²) in [5.74, 6) is -3.21. The van der Waals surface area contributed by atoms with Crippen molar-refractivity contribution in [3.8, 4) is 11.4 Å². The molecule has 0 saturated carbocycles. The Kier molecular flexibility index (Phi) is 3.95. The van der Waals surface area contributed by atoms with Crippen LogP contribution in [0.5, 0.6) is 0 Å². The lowest BCUT2D eigenvalue weighted by molar-refractivity contribution is 0.0700. The Bertz CT molecular complexity index is 985. The number of hydrogen-bond donors (Lipinski definition) is 0. The van der Waals surface area contributed by atoms with E-state index in [4.69, 9.17) is 0 Å². The monoisotopic (exact) mass is 358 g/mol. The van der Waals surface area contributed by atoms with E-state index in [0.717, 1.165) is 18.0 Å². The van der Waals surface area contributed by atoms with E-state index in [0.29, 0.717) is 24.5 Å². The molecular weight excluding hydrogens is 345 g/mol. The number of pyridine rings is 1. The highest BCUT2D eigenvalue weighted by Gasteiger charge is 2.26. The van der Waals surface area contributed by atoms with Gasteiger partial charge in [0.1, 0.15) is 11.5 Å². The maximum absolute atomic E-state index is 13.9. The number of carbonyl (C=O) groups excluding carboxylic acids is 1. The molecule has 0 bridgehead atoms. The lowest BCUT2D eigenvalue weighted by Crippen LogP contribution is -2.38. The Balaban J connectivity index is 1.59. The van der Waals surface area contributed by atoms with Crippen molar-refractivity contribution in [1.29, 1.82) is 0 Å². The van der Waals surface area contributed by atoms with Crippen molar-refractivity contribution in [3.63, 3.8) is 0 Å². The molecule has 0 aliphatic carbocycles. The summed E-state index contributed by atoms with van der Waals surface area (Å²) >= 11 is 0. The van der Waals surface area contributed by atoms with Gasteiger partial charge in [0.2, 0.25) is 0 Å². The average Bonchev–Trinajstić information content (AvgIpc) is 3.07. The third-order valence-corrected chi connectivity index (χ3v) is 4.26. The molecule has 3 heterocycles. The van der Waals surface area contributed by atoms with Gasteiger partial charge in [-0.3, -0.25) is 14.5 Å². The molecule has 0 spiro atoms. The zero-order valence-electron chi connectivity index (χ0n) is 13.5. The molecule has 1 amide bonds. The first-order valence-electron chi connectivity index (χ1n) is 7.95. The highest BCUT2D eigenvalue weighted by atomic mass is 19.2. The van der Waals surface area contributed by atoms with Gasteiger partial charge >= 0.3 is 0 Å². The van der Waals surface area contributed by atoms with Crippen molar-refractivity contribution >= 4 is 5.91 Å². The van der Waals surface area contributed by atoms with Crippen LogP contribution in [0.4, 0.5) is 13.2 Å². The normalized spacial score (nSPS) is 13.6. The van der Waals surface area contributed by atoms with Gasteiger partial charge in [-0.2, -0.15) is 5.10 Å². The third-order valence-electron chi connectivity index (χ3n) is 4.26. The highest BCUT2D eigenvalue weighted by Crippen LogP contribution is 2.22. The van der Waals surface area contributed by atoms with Gasteiger partial charge in [0, 0.05) is 6.54 Å². The second kappa shape index (κ2) is 6.29. The van der Waals surface area contributed by atoms with E-state index in [-0.39, 0.29) is 12.1 Å². The number of rotatable bonds is 2. The largest absolute Gasteiger partial charge is 0.331 e. The van der Waals surface area contributed by atoms with Crippen LogP contribution in [0.3, 0.4) is 0 Å². The van der Waals surface area contributed by atoms with Crippen molar-refractivity contribution in [2.24, 2.45) is 0 Å². The van der Waals surface area contributed by atoms with Gasteiger partial charge in [0.25, 0.3) is 5.91 Å². The van der Waals surface area contributed by atoms with Gasteiger partial charge in [-0.1, -0.05) is 6.07 Å². The SMILES string of the molecule is O=C(c1cccc(F)c1F)N1CCn2nc(-c3ccc(F)cn3)cc2C1. The molecule has 1 aliphatic rings. The molecule has 5 nitrogen and oxygen atoms in total. The highest BCUT2D eigenvalue weighted by molar-refractivity contribution is 5.94. The fraction of sp³-hybridized carbons (Fsp3) is 0.167. The van der Waals surface area contributed by atoms with Gasteiger partial charge in [-0.05, 0) is 30.3 Å². The number of fused-ring (bicyclic) bond motifs is 1. The van der Waals surface area contributed by atoms with Crippen molar-refractivity contribution in [2.45, 2.75) is 13.1 Å². The zero-order valence-corrected chi connectivity index (χ0v) is 13.5. The van der Waals surface area contributed by atoms with Gasteiger partial charge in [-0.15, -0.1) is 0 Å². The molecule has 0 unspecified atom stereocenters. The Morgan fingerprint density at radius 1 is 1.04 bits per heavy atom. The number of hydrogen-bond acceptors (Lipinski definition) is 3. The standard InChI is InChI=1S/C18H13F3N4O/c19-11-4-5-15(22-9-11)16-8-12-10-24(6-7-25(12)23-16)18(26)13-2-1-3-14(20)17(13)21/h1-5,8-9H,6-7,10H2. The van der Waals surface area contributed by atoms with E-state index in [1.54, 1.807) is 10.7 Å². The predicted octanol–water partition coefficient (Wildman–Crippen LogP) is 3.02. The van der Waals surface area contributed by atoms with E-state index in [1.165, 1.54) is 29.2 Å². The van der Waals surface area contributed by atoms with Crippen LogP contribution in [0.2, 0.25) is 0 Å². The van der Waals surface area contributed by atoms with Crippen LogP contribution in [0, 0.1) is 17.5 Å². The molecule has 3 aromatic rings. The van der Waals surface area contributed by atoms with Crippen LogP contribution in [-0.2, 0) is 13.1 Å². The number of aromatic nitrogens is 3. The molecule has 26 heavy (non-hydrogen) atoms. The minimum atomic E-state index is -1.15. The van der Waals surface area contributed by atoms with Crippen molar-refractivity contribution in [2.75, 3.05) is 6.54 Å². The van der Waals surface area contributed by atoms with Crippen LogP contribution >= 0.6 is 0 Å². The van der Waals surface area contributed by atoms with Gasteiger partial charge in [0.05, 0.1) is 36.2 Å². The molecule has 8 heteroatoms. The molecule has 0 N–H and O–H groups in total. The second-order valence-electron chi connectivity index (χ2n) is 5.93. The van der Waals surface area contributed by atoms with Crippen molar-refractivity contribution < 1.29 is 18.0 Å². The van der Waals surface area contributed by atoms with E-state index < -0.39 is 23.4 Å². The lowest BCUT2D eigenvalue weighted by Gasteiger charge is -2.27. The Morgan fingerprint density at radius 2 is 1.88 bits per heavy atom. The smallest absolute Gasteiger partial charge is 0.257 e. The molecule has 132 valence electrons. The summed E-state index contributed by atoms with van der Waals surface area (Å²) in [4.78, 5) is 18.0. The maximum Gasteiger partial charge on any atom is 0.257 e. The Labute approximate surface area is 146 Å². The molecule has 0 atom stereocenters. The van der Waals surface area contributed by atoms with Gasteiger partial charge < -0.3 is 4.90 Å². The zero-order chi connectivity index (χ0) is 18.3. The molecule has 0 fully saturated rings. The van der Waals surface area contributed by atoms with E-state index in [9.17, 15) is 18.0 Å². The summed E-state index contributed by atoms with van der Waals surface area (Å²) in [6, 6.07) is 8.11. The number of halogens is 3. The van der Waals surface area contributed by atoms with Gasteiger partial charge in [-0.25, -0.2) is 13.2 Å². The van der Waals surface area contributed by atoms with E-state index in [2.05, 4.69) is 10.1 Å². The molecule has 1 aliphatic heterocycles. The number of benzene rings is 1. The number of nitrogens with zero attached hydrogens (tertiary/aromatic N) is 4. The fourth-order valence-electron chi connectivity index (χ4n) is 2.93. The number of amides is 1. The quantitative estimate of drug-likeness (QED) is 0.708. The Hall–Kier alpha value is -3.16. The van der Waals surface area contributed by atoms with Crippen LogP contribution in [-0.4, -0.2) is 32.1 Å². The van der Waals surface area contributed by atoms with Crippen LogP contribution in [0.15, 0.2) is 42.6 Å². The molecule has 4 rings (SSSR count). The summed E-state index contributed by atoms with van der Waals surface area (Å²) in [5.41, 5.74) is 1.52. The topological polar surface area (TPSA) is 51.0 Å². The molecule has 1 aromatic carbocycles. The molecule has 0 saturated heterocycles. The summed E-state index contributed by atoms with van der Waals surface area (Å²) in [5, 5.41) is 4.41. The van der Waals surface area contributed by atoms with Crippen LogP contribution in [0.25, 0.3) is 11.4 Å². The molecule has 0 radical (unpaired) electrons. The summed E-state index contributed by atoms with van der Waals surface area (Å²) in [7, 11) is 0.